The van der Waals surface area contributed by atoms with Crippen molar-refractivity contribution in [3.8, 4) is 0 Å². The molecule has 3 nitrogen and oxygen atoms in total. The molecule has 1 fully saturated rings. The lowest BCUT2D eigenvalue weighted by Gasteiger charge is -2.11. The number of esters is 1. The van der Waals surface area contributed by atoms with Crippen LogP contribution in [-0.4, -0.2) is 18.6 Å². The normalized spacial score (nSPS) is 19.9. The van der Waals surface area contributed by atoms with Crippen molar-refractivity contribution in [2.75, 3.05) is 6.61 Å². The van der Waals surface area contributed by atoms with Crippen molar-refractivity contribution < 1.29 is 22.7 Å². The number of rotatable bonds is 3. The Hall–Kier alpha value is -1.56. The van der Waals surface area contributed by atoms with Crippen LogP contribution in [0.1, 0.15) is 17.5 Å². The Morgan fingerprint density at radius 2 is 2.17 bits per heavy atom. The third kappa shape index (κ3) is 3.01. The van der Waals surface area contributed by atoms with Gasteiger partial charge in [-0.3, -0.25) is 4.79 Å². The van der Waals surface area contributed by atoms with E-state index in [1.807, 2.05) is 0 Å². The first-order valence-electron chi connectivity index (χ1n) is 5.53. The minimum Gasteiger partial charge on any atom is -0.464 e. The Kier molecular flexibility index (Phi) is 3.56. The number of benzene rings is 1. The van der Waals surface area contributed by atoms with Crippen LogP contribution in [0.4, 0.5) is 13.2 Å². The minimum absolute atomic E-state index is 0.212. The fraction of sp³-hybridized carbons (Fsp3) is 0.417. The van der Waals surface area contributed by atoms with E-state index in [1.165, 1.54) is 6.07 Å². The molecule has 18 heavy (non-hydrogen) atoms. The zero-order valence-corrected chi connectivity index (χ0v) is 9.46. The standard InChI is InChI=1S/C12H12F3NO2/c13-12(14,15)9-3-1-2-8(6-9)7-16-10-4-5-18-11(10)17/h1-3,6,10,16H,4-5,7H2. The van der Waals surface area contributed by atoms with Crippen LogP contribution in [0.5, 0.6) is 0 Å². The maximum Gasteiger partial charge on any atom is 0.416 e. The minimum atomic E-state index is -4.34. The van der Waals surface area contributed by atoms with E-state index in [4.69, 9.17) is 4.74 Å². The highest BCUT2D eigenvalue weighted by molar-refractivity contribution is 5.77. The summed E-state index contributed by atoms with van der Waals surface area (Å²) >= 11 is 0. The van der Waals surface area contributed by atoms with E-state index in [9.17, 15) is 18.0 Å². The van der Waals surface area contributed by atoms with Gasteiger partial charge in [-0.15, -0.1) is 0 Å². The van der Waals surface area contributed by atoms with Crippen LogP contribution >= 0.6 is 0 Å². The van der Waals surface area contributed by atoms with Crippen molar-refractivity contribution in [2.45, 2.75) is 25.2 Å². The van der Waals surface area contributed by atoms with Crippen molar-refractivity contribution in [1.29, 1.82) is 0 Å². The zero-order valence-electron chi connectivity index (χ0n) is 9.46. The van der Waals surface area contributed by atoms with Gasteiger partial charge in [-0.25, -0.2) is 0 Å². The number of carbonyl (C=O) groups is 1. The molecule has 0 bridgehead atoms. The van der Waals surface area contributed by atoms with E-state index in [0.29, 0.717) is 18.6 Å². The number of hydrogen-bond acceptors (Lipinski definition) is 3. The molecule has 0 radical (unpaired) electrons. The van der Waals surface area contributed by atoms with Crippen molar-refractivity contribution in [2.24, 2.45) is 0 Å². The van der Waals surface area contributed by atoms with Crippen LogP contribution in [0.2, 0.25) is 0 Å². The SMILES string of the molecule is O=C1OCCC1NCc1cccc(C(F)(F)F)c1. The molecule has 0 spiro atoms. The lowest BCUT2D eigenvalue weighted by atomic mass is 10.1. The first kappa shape index (κ1) is 12.9. The van der Waals surface area contributed by atoms with E-state index in [1.54, 1.807) is 6.07 Å². The molecule has 1 atom stereocenters. The molecule has 1 aromatic rings. The topological polar surface area (TPSA) is 38.3 Å². The van der Waals surface area contributed by atoms with Crippen LogP contribution in [0, 0.1) is 0 Å². The number of cyclic esters (lactones) is 1. The first-order chi connectivity index (χ1) is 8.47. The summed E-state index contributed by atoms with van der Waals surface area (Å²) in [5, 5.41) is 2.88. The summed E-state index contributed by atoms with van der Waals surface area (Å²) < 4.78 is 42.2. The molecule has 1 aliphatic heterocycles. The predicted octanol–water partition coefficient (Wildman–Crippen LogP) is 2.11. The summed E-state index contributed by atoms with van der Waals surface area (Å²) in [6.07, 6.45) is -3.79. The van der Waals surface area contributed by atoms with Crippen LogP contribution < -0.4 is 5.32 Å². The molecular weight excluding hydrogens is 247 g/mol. The quantitative estimate of drug-likeness (QED) is 0.845. The molecule has 98 valence electrons. The van der Waals surface area contributed by atoms with Gasteiger partial charge in [0, 0.05) is 13.0 Å². The molecule has 1 heterocycles. The third-order valence-electron chi connectivity index (χ3n) is 2.74. The number of alkyl halides is 3. The van der Waals surface area contributed by atoms with Crippen LogP contribution in [0.3, 0.4) is 0 Å². The molecule has 1 saturated heterocycles. The highest BCUT2D eigenvalue weighted by Crippen LogP contribution is 2.29. The number of halogens is 3. The second-order valence-corrected chi connectivity index (χ2v) is 4.09. The second-order valence-electron chi connectivity index (χ2n) is 4.09. The molecule has 0 aliphatic carbocycles. The maximum atomic E-state index is 12.5. The molecule has 1 N–H and O–H groups in total. The van der Waals surface area contributed by atoms with E-state index in [0.717, 1.165) is 12.1 Å². The Bertz CT molecular complexity index is 445. The molecule has 0 amide bonds. The summed E-state index contributed by atoms with van der Waals surface area (Å²) in [6.45, 7) is 0.572. The molecule has 1 aromatic carbocycles. The first-order valence-corrected chi connectivity index (χ1v) is 5.53. The smallest absolute Gasteiger partial charge is 0.416 e. The van der Waals surface area contributed by atoms with Gasteiger partial charge in [0.2, 0.25) is 0 Å². The molecule has 2 rings (SSSR count). The van der Waals surface area contributed by atoms with Crippen molar-refractivity contribution in [1.82, 2.24) is 5.32 Å². The van der Waals surface area contributed by atoms with Gasteiger partial charge in [0.15, 0.2) is 0 Å². The van der Waals surface area contributed by atoms with Gasteiger partial charge < -0.3 is 10.1 Å². The Balaban J connectivity index is 1.99. The van der Waals surface area contributed by atoms with Crippen LogP contribution in [0.25, 0.3) is 0 Å². The van der Waals surface area contributed by atoms with Gasteiger partial charge in [-0.05, 0) is 11.6 Å². The van der Waals surface area contributed by atoms with Crippen molar-refractivity contribution >= 4 is 5.97 Å². The molecule has 6 heteroatoms. The third-order valence-corrected chi connectivity index (χ3v) is 2.74. The van der Waals surface area contributed by atoms with Crippen molar-refractivity contribution in [3.05, 3.63) is 35.4 Å². The average molecular weight is 259 g/mol. The van der Waals surface area contributed by atoms with E-state index < -0.39 is 17.8 Å². The number of ether oxygens (including phenoxy) is 1. The van der Waals surface area contributed by atoms with Gasteiger partial charge >= 0.3 is 12.1 Å². The maximum absolute atomic E-state index is 12.5. The van der Waals surface area contributed by atoms with Gasteiger partial charge in [-0.2, -0.15) is 13.2 Å². The van der Waals surface area contributed by atoms with Crippen molar-refractivity contribution in [3.63, 3.8) is 0 Å². The molecule has 0 saturated carbocycles. The largest absolute Gasteiger partial charge is 0.464 e. The van der Waals surface area contributed by atoms with E-state index in [2.05, 4.69) is 5.32 Å². The van der Waals surface area contributed by atoms with Crippen LogP contribution in [-0.2, 0) is 22.3 Å². The molecule has 1 unspecified atom stereocenters. The zero-order chi connectivity index (χ0) is 13.2. The summed E-state index contributed by atoms with van der Waals surface area (Å²) in [6, 6.07) is 4.62. The lowest BCUT2D eigenvalue weighted by Crippen LogP contribution is -2.32. The number of carbonyl (C=O) groups excluding carboxylic acids is 1. The van der Waals surface area contributed by atoms with Gasteiger partial charge in [0.1, 0.15) is 6.04 Å². The Labute approximate surface area is 102 Å². The predicted molar refractivity (Wildman–Crippen MR) is 57.6 cm³/mol. The number of hydrogen-bond donors (Lipinski definition) is 1. The monoisotopic (exact) mass is 259 g/mol. The highest BCUT2D eigenvalue weighted by atomic mass is 19.4. The van der Waals surface area contributed by atoms with Crippen LogP contribution in [0.15, 0.2) is 24.3 Å². The van der Waals surface area contributed by atoms with Gasteiger partial charge in [0.05, 0.1) is 12.2 Å². The fourth-order valence-corrected chi connectivity index (χ4v) is 1.78. The highest BCUT2D eigenvalue weighted by Gasteiger charge is 2.30. The summed E-state index contributed by atoms with van der Waals surface area (Å²) in [4.78, 5) is 11.2. The summed E-state index contributed by atoms with van der Waals surface area (Å²) in [7, 11) is 0. The molecular formula is C12H12F3NO2. The average Bonchev–Trinajstić information content (AvgIpc) is 2.72. The fourth-order valence-electron chi connectivity index (χ4n) is 1.78. The summed E-state index contributed by atoms with van der Waals surface area (Å²) in [5.41, 5.74) is -0.194. The second kappa shape index (κ2) is 4.97. The lowest BCUT2D eigenvalue weighted by molar-refractivity contribution is -0.140. The molecule has 1 aliphatic rings. The van der Waals surface area contributed by atoms with Gasteiger partial charge in [0.25, 0.3) is 0 Å². The van der Waals surface area contributed by atoms with Gasteiger partial charge in [-0.1, -0.05) is 18.2 Å². The number of nitrogens with one attached hydrogen (secondary N) is 1. The van der Waals surface area contributed by atoms with E-state index >= 15 is 0 Å². The Morgan fingerprint density at radius 3 is 2.78 bits per heavy atom. The summed E-state index contributed by atoms with van der Waals surface area (Å²) in [5.74, 6) is -0.345. The molecule has 0 aromatic heterocycles. The van der Waals surface area contributed by atoms with E-state index in [-0.39, 0.29) is 12.5 Å². The Morgan fingerprint density at radius 1 is 1.39 bits per heavy atom.